The fourth-order valence-corrected chi connectivity index (χ4v) is 2.27. The van der Waals surface area contributed by atoms with E-state index in [2.05, 4.69) is 10.3 Å². The first-order valence-corrected chi connectivity index (χ1v) is 6.10. The molecule has 0 atom stereocenters. The monoisotopic (exact) mass is 267 g/mol. The van der Waals surface area contributed by atoms with Crippen LogP contribution in [0.5, 0.6) is 0 Å². The van der Waals surface area contributed by atoms with E-state index in [4.69, 9.17) is 17.3 Å². The number of thiazole rings is 1. The number of carbonyl (C=O) groups excluding carboxylic acids is 1. The standard InChI is InChI=1S/C11H10ClN3OS/c1-6-10(17-5-14-6)11(16)15-9-3-2-7(13)4-8(9)12/h2-5H,13H2,1H3,(H,15,16). The molecule has 1 aromatic heterocycles. The highest BCUT2D eigenvalue weighted by atomic mass is 35.5. The SMILES string of the molecule is Cc1ncsc1C(=O)Nc1ccc(N)cc1Cl. The lowest BCUT2D eigenvalue weighted by molar-refractivity contribution is 0.103. The van der Waals surface area contributed by atoms with Crippen molar-refractivity contribution in [2.24, 2.45) is 0 Å². The largest absolute Gasteiger partial charge is 0.399 e. The molecule has 6 heteroatoms. The molecular formula is C11H10ClN3OS. The van der Waals surface area contributed by atoms with E-state index >= 15 is 0 Å². The third-order valence-electron chi connectivity index (χ3n) is 2.19. The molecule has 0 bridgehead atoms. The minimum absolute atomic E-state index is 0.211. The van der Waals surface area contributed by atoms with Gasteiger partial charge in [0.15, 0.2) is 0 Å². The Balaban J connectivity index is 2.22. The minimum atomic E-state index is -0.211. The van der Waals surface area contributed by atoms with Crippen molar-refractivity contribution < 1.29 is 4.79 Å². The number of aryl methyl sites for hydroxylation is 1. The number of nitrogens with one attached hydrogen (secondary N) is 1. The van der Waals surface area contributed by atoms with E-state index in [0.29, 0.717) is 27.0 Å². The molecule has 2 rings (SSSR count). The number of nitrogen functional groups attached to an aromatic ring is 1. The molecule has 2 aromatic rings. The van der Waals surface area contributed by atoms with E-state index in [1.54, 1.807) is 30.6 Å². The van der Waals surface area contributed by atoms with Crippen molar-refractivity contribution >= 4 is 40.2 Å². The molecule has 0 radical (unpaired) electrons. The highest BCUT2D eigenvalue weighted by molar-refractivity contribution is 7.12. The van der Waals surface area contributed by atoms with Crippen molar-refractivity contribution in [1.82, 2.24) is 4.98 Å². The maximum absolute atomic E-state index is 11.9. The van der Waals surface area contributed by atoms with Crippen LogP contribution in [0, 0.1) is 6.92 Å². The van der Waals surface area contributed by atoms with Gasteiger partial charge in [-0.3, -0.25) is 4.79 Å². The molecule has 4 nitrogen and oxygen atoms in total. The van der Waals surface area contributed by atoms with Crippen molar-refractivity contribution in [2.75, 3.05) is 11.1 Å². The Morgan fingerprint density at radius 1 is 1.53 bits per heavy atom. The zero-order valence-electron chi connectivity index (χ0n) is 9.03. The lowest BCUT2D eigenvalue weighted by atomic mass is 10.2. The van der Waals surface area contributed by atoms with Crippen molar-refractivity contribution in [3.63, 3.8) is 0 Å². The fourth-order valence-electron chi connectivity index (χ4n) is 1.33. The van der Waals surface area contributed by atoms with Crippen LogP contribution in [-0.4, -0.2) is 10.9 Å². The number of amides is 1. The highest BCUT2D eigenvalue weighted by Gasteiger charge is 2.13. The summed E-state index contributed by atoms with van der Waals surface area (Å²) in [6.07, 6.45) is 0. The zero-order valence-corrected chi connectivity index (χ0v) is 10.6. The first-order chi connectivity index (χ1) is 8.08. The average Bonchev–Trinajstić information content (AvgIpc) is 2.68. The zero-order chi connectivity index (χ0) is 12.4. The molecule has 0 aliphatic rings. The number of nitrogens with two attached hydrogens (primary N) is 1. The molecule has 0 spiro atoms. The number of hydrogen-bond acceptors (Lipinski definition) is 4. The van der Waals surface area contributed by atoms with Gasteiger partial charge in [-0.2, -0.15) is 0 Å². The number of benzene rings is 1. The predicted octanol–water partition coefficient (Wildman–Crippen LogP) is 2.94. The fraction of sp³-hybridized carbons (Fsp3) is 0.0909. The quantitative estimate of drug-likeness (QED) is 0.822. The Bertz CT molecular complexity index is 568. The average molecular weight is 268 g/mol. The first-order valence-electron chi connectivity index (χ1n) is 4.84. The molecule has 17 heavy (non-hydrogen) atoms. The summed E-state index contributed by atoms with van der Waals surface area (Å²) in [6, 6.07) is 4.95. The van der Waals surface area contributed by atoms with E-state index in [1.165, 1.54) is 11.3 Å². The van der Waals surface area contributed by atoms with E-state index in [-0.39, 0.29) is 5.91 Å². The van der Waals surface area contributed by atoms with Crippen molar-refractivity contribution in [2.45, 2.75) is 6.92 Å². The van der Waals surface area contributed by atoms with Gasteiger partial charge in [-0.05, 0) is 25.1 Å². The van der Waals surface area contributed by atoms with Crippen LogP contribution in [-0.2, 0) is 0 Å². The summed E-state index contributed by atoms with van der Waals surface area (Å²) in [5.41, 5.74) is 9.01. The van der Waals surface area contributed by atoms with Crippen LogP contribution >= 0.6 is 22.9 Å². The van der Waals surface area contributed by atoms with E-state index in [0.717, 1.165) is 0 Å². The molecule has 0 unspecified atom stereocenters. The number of aromatic nitrogens is 1. The Hall–Kier alpha value is -1.59. The molecule has 3 N–H and O–H groups in total. The molecule has 0 aliphatic heterocycles. The van der Waals surface area contributed by atoms with Crippen LogP contribution < -0.4 is 11.1 Å². The van der Waals surface area contributed by atoms with Gasteiger partial charge in [0.25, 0.3) is 5.91 Å². The van der Waals surface area contributed by atoms with Crippen LogP contribution in [0.2, 0.25) is 5.02 Å². The van der Waals surface area contributed by atoms with Crippen LogP contribution in [0.3, 0.4) is 0 Å². The summed E-state index contributed by atoms with van der Waals surface area (Å²) < 4.78 is 0. The number of anilines is 2. The second-order valence-electron chi connectivity index (χ2n) is 3.46. The second-order valence-corrected chi connectivity index (χ2v) is 4.72. The Morgan fingerprint density at radius 3 is 2.88 bits per heavy atom. The highest BCUT2D eigenvalue weighted by Crippen LogP contribution is 2.25. The van der Waals surface area contributed by atoms with Crippen molar-refractivity contribution in [3.8, 4) is 0 Å². The first kappa shape index (κ1) is 11.9. The van der Waals surface area contributed by atoms with Gasteiger partial charge in [0.1, 0.15) is 4.88 Å². The Morgan fingerprint density at radius 2 is 2.29 bits per heavy atom. The number of rotatable bonds is 2. The molecule has 0 aliphatic carbocycles. The smallest absolute Gasteiger partial charge is 0.267 e. The summed E-state index contributed by atoms with van der Waals surface area (Å²) >= 11 is 7.26. The third-order valence-corrected chi connectivity index (χ3v) is 3.43. The molecule has 1 heterocycles. The normalized spacial score (nSPS) is 10.2. The van der Waals surface area contributed by atoms with Crippen molar-refractivity contribution in [3.05, 3.63) is 39.3 Å². The topological polar surface area (TPSA) is 68.0 Å². The lowest BCUT2D eigenvalue weighted by Crippen LogP contribution is -2.12. The van der Waals surface area contributed by atoms with Gasteiger partial charge in [-0.1, -0.05) is 11.6 Å². The van der Waals surface area contributed by atoms with Gasteiger partial charge in [-0.25, -0.2) is 4.98 Å². The Kier molecular flexibility index (Phi) is 3.31. The summed E-state index contributed by atoms with van der Waals surface area (Å²) in [4.78, 5) is 16.5. The third kappa shape index (κ3) is 2.57. The van der Waals surface area contributed by atoms with E-state index in [1.807, 2.05) is 0 Å². The Labute approximate surface area is 107 Å². The second kappa shape index (κ2) is 4.73. The number of nitrogens with zero attached hydrogens (tertiary/aromatic N) is 1. The predicted molar refractivity (Wildman–Crippen MR) is 70.7 cm³/mol. The lowest BCUT2D eigenvalue weighted by Gasteiger charge is -2.06. The molecular weight excluding hydrogens is 258 g/mol. The number of carbonyl (C=O) groups is 1. The summed E-state index contributed by atoms with van der Waals surface area (Å²) in [6.45, 7) is 1.79. The minimum Gasteiger partial charge on any atom is -0.399 e. The van der Waals surface area contributed by atoms with Gasteiger partial charge in [0.05, 0.1) is 21.9 Å². The van der Waals surface area contributed by atoms with Crippen LogP contribution in [0.25, 0.3) is 0 Å². The van der Waals surface area contributed by atoms with Gasteiger partial charge in [-0.15, -0.1) is 11.3 Å². The summed E-state index contributed by atoms with van der Waals surface area (Å²) in [5, 5.41) is 3.14. The summed E-state index contributed by atoms with van der Waals surface area (Å²) in [7, 11) is 0. The number of hydrogen-bond donors (Lipinski definition) is 2. The van der Waals surface area contributed by atoms with E-state index < -0.39 is 0 Å². The van der Waals surface area contributed by atoms with Crippen LogP contribution in [0.4, 0.5) is 11.4 Å². The molecule has 0 fully saturated rings. The van der Waals surface area contributed by atoms with E-state index in [9.17, 15) is 4.79 Å². The van der Waals surface area contributed by atoms with Gasteiger partial charge < -0.3 is 11.1 Å². The molecule has 0 saturated carbocycles. The van der Waals surface area contributed by atoms with Gasteiger partial charge in [0.2, 0.25) is 0 Å². The van der Waals surface area contributed by atoms with Crippen molar-refractivity contribution in [1.29, 1.82) is 0 Å². The maximum atomic E-state index is 11.9. The van der Waals surface area contributed by atoms with Gasteiger partial charge >= 0.3 is 0 Å². The number of halogens is 1. The molecule has 0 saturated heterocycles. The maximum Gasteiger partial charge on any atom is 0.267 e. The van der Waals surface area contributed by atoms with Crippen LogP contribution in [0.15, 0.2) is 23.7 Å². The van der Waals surface area contributed by atoms with Gasteiger partial charge in [0, 0.05) is 5.69 Å². The molecule has 88 valence electrons. The molecule has 1 amide bonds. The molecule has 1 aromatic carbocycles. The summed E-state index contributed by atoms with van der Waals surface area (Å²) in [5.74, 6) is -0.211. The van der Waals surface area contributed by atoms with Crippen LogP contribution in [0.1, 0.15) is 15.4 Å².